The van der Waals surface area contributed by atoms with E-state index in [0.717, 1.165) is 5.56 Å². The van der Waals surface area contributed by atoms with Crippen LogP contribution in [-0.2, 0) is 11.3 Å². The van der Waals surface area contributed by atoms with E-state index in [1.807, 2.05) is 12.1 Å². The van der Waals surface area contributed by atoms with Gasteiger partial charge < -0.3 is 10.8 Å². The normalized spacial score (nSPS) is 16.5. The molecule has 0 atom stereocenters. The average Bonchev–Trinajstić information content (AvgIpc) is 2.23. The number of carbonyl (C=O) groups is 2. The van der Waals surface area contributed by atoms with E-state index in [2.05, 4.69) is 4.90 Å². The van der Waals surface area contributed by atoms with E-state index in [1.54, 1.807) is 12.1 Å². The van der Waals surface area contributed by atoms with E-state index in [4.69, 9.17) is 10.8 Å². The molecule has 0 aromatic heterocycles. The molecule has 1 aromatic carbocycles. The fourth-order valence-electron chi connectivity index (χ4n) is 1.89. The molecule has 1 aliphatic rings. The highest BCUT2D eigenvalue weighted by atomic mass is 16.4. The molecule has 1 aromatic rings. The summed E-state index contributed by atoms with van der Waals surface area (Å²) in [5.74, 6) is -1.41. The summed E-state index contributed by atoms with van der Waals surface area (Å²) >= 11 is 0. The molecule has 0 saturated carbocycles. The minimum absolute atomic E-state index is 0.236. The van der Waals surface area contributed by atoms with Crippen LogP contribution >= 0.6 is 0 Å². The number of amides is 1. The fraction of sp³-hybridized carbons (Fsp3) is 0.333. The number of benzene rings is 1. The molecule has 1 amide bonds. The highest BCUT2D eigenvalue weighted by molar-refractivity contribution is 5.92. The number of aliphatic carboxylic acids is 1. The van der Waals surface area contributed by atoms with Gasteiger partial charge >= 0.3 is 5.97 Å². The van der Waals surface area contributed by atoms with Gasteiger partial charge in [-0.2, -0.15) is 0 Å². The quantitative estimate of drug-likeness (QED) is 0.785. The van der Waals surface area contributed by atoms with Crippen molar-refractivity contribution in [3.63, 3.8) is 0 Å². The lowest BCUT2D eigenvalue weighted by atomic mass is 9.99. The number of likely N-dealkylation sites (tertiary alicyclic amines) is 1. The largest absolute Gasteiger partial charge is 0.481 e. The van der Waals surface area contributed by atoms with Gasteiger partial charge in [0.15, 0.2) is 0 Å². The van der Waals surface area contributed by atoms with Crippen molar-refractivity contribution in [3.05, 3.63) is 35.4 Å². The van der Waals surface area contributed by atoms with Crippen LogP contribution in [0.1, 0.15) is 15.9 Å². The van der Waals surface area contributed by atoms with E-state index in [9.17, 15) is 9.59 Å². The molecule has 17 heavy (non-hydrogen) atoms. The molecule has 5 heteroatoms. The third-order valence-electron chi connectivity index (χ3n) is 2.95. The number of carbonyl (C=O) groups excluding carboxylic acids is 1. The van der Waals surface area contributed by atoms with Crippen LogP contribution in [0.25, 0.3) is 0 Å². The van der Waals surface area contributed by atoms with Crippen molar-refractivity contribution in [2.45, 2.75) is 6.54 Å². The van der Waals surface area contributed by atoms with Crippen molar-refractivity contribution >= 4 is 11.9 Å². The Hall–Kier alpha value is -1.88. The Morgan fingerprint density at radius 1 is 1.29 bits per heavy atom. The van der Waals surface area contributed by atoms with E-state index in [0.29, 0.717) is 25.2 Å². The highest BCUT2D eigenvalue weighted by Crippen LogP contribution is 2.18. The molecule has 0 bridgehead atoms. The predicted molar refractivity (Wildman–Crippen MR) is 61.4 cm³/mol. The summed E-state index contributed by atoms with van der Waals surface area (Å²) < 4.78 is 0. The Morgan fingerprint density at radius 2 is 1.88 bits per heavy atom. The van der Waals surface area contributed by atoms with E-state index >= 15 is 0 Å². The summed E-state index contributed by atoms with van der Waals surface area (Å²) in [6.07, 6.45) is 0. The molecular weight excluding hydrogens is 220 g/mol. The lowest BCUT2D eigenvalue weighted by Crippen LogP contribution is -2.49. The minimum Gasteiger partial charge on any atom is -0.481 e. The SMILES string of the molecule is NC(=O)c1ccc(CN2CC(C(=O)O)C2)cc1. The summed E-state index contributed by atoms with van der Waals surface area (Å²) in [6, 6.07) is 7.06. The van der Waals surface area contributed by atoms with E-state index in [-0.39, 0.29) is 5.92 Å². The summed E-state index contributed by atoms with van der Waals surface area (Å²) in [5, 5.41) is 8.74. The molecule has 0 aliphatic carbocycles. The summed E-state index contributed by atoms with van der Waals surface area (Å²) in [6.45, 7) is 1.89. The maximum Gasteiger partial charge on any atom is 0.309 e. The van der Waals surface area contributed by atoms with Gasteiger partial charge in [-0.25, -0.2) is 0 Å². The second-order valence-electron chi connectivity index (χ2n) is 4.29. The van der Waals surface area contributed by atoms with Gasteiger partial charge in [0.2, 0.25) is 5.91 Å². The molecule has 1 aliphatic heterocycles. The zero-order valence-electron chi connectivity index (χ0n) is 9.30. The van der Waals surface area contributed by atoms with Crippen LogP contribution in [0.5, 0.6) is 0 Å². The van der Waals surface area contributed by atoms with Gasteiger partial charge in [-0.15, -0.1) is 0 Å². The fourth-order valence-corrected chi connectivity index (χ4v) is 1.89. The Morgan fingerprint density at radius 3 is 2.35 bits per heavy atom. The van der Waals surface area contributed by atoms with Crippen molar-refractivity contribution in [2.75, 3.05) is 13.1 Å². The van der Waals surface area contributed by atoms with Crippen molar-refractivity contribution in [1.82, 2.24) is 4.90 Å². The van der Waals surface area contributed by atoms with Gasteiger partial charge in [0.25, 0.3) is 0 Å². The second kappa shape index (κ2) is 4.55. The van der Waals surface area contributed by atoms with Gasteiger partial charge in [0.05, 0.1) is 5.92 Å². The van der Waals surface area contributed by atoms with Crippen molar-refractivity contribution < 1.29 is 14.7 Å². The lowest BCUT2D eigenvalue weighted by molar-refractivity contribution is -0.147. The van der Waals surface area contributed by atoms with Gasteiger partial charge in [0, 0.05) is 25.2 Å². The van der Waals surface area contributed by atoms with Crippen LogP contribution in [0.4, 0.5) is 0 Å². The molecule has 1 heterocycles. The number of primary amides is 1. The molecular formula is C12H14N2O3. The number of hydrogen-bond donors (Lipinski definition) is 2. The van der Waals surface area contributed by atoms with E-state index in [1.165, 1.54) is 0 Å². The third-order valence-corrected chi connectivity index (χ3v) is 2.95. The van der Waals surface area contributed by atoms with Crippen LogP contribution in [-0.4, -0.2) is 35.0 Å². The van der Waals surface area contributed by atoms with E-state index < -0.39 is 11.9 Å². The monoisotopic (exact) mass is 234 g/mol. The first-order chi connectivity index (χ1) is 8.06. The highest BCUT2D eigenvalue weighted by Gasteiger charge is 2.31. The first kappa shape index (κ1) is 11.6. The standard InChI is InChI=1S/C12H14N2O3/c13-11(15)9-3-1-8(2-4-9)5-14-6-10(7-14)12(16)17/h1-4,10H,5-7H2,(H2,13,15)(H,16,17). The molecule has 90 valence electrons. The second-order valence-corrected chi connectivity index (χ2v) is 4.29. The molecule has 3 N–H and O–H groups in total. The Bertz CT molecular complexity index is 436. The van der Waals surface area contributed by atoms with Crippen LogP contribution in [0.2, 0.25) is 0 Å². The van der Waals surface area contributed by atoms with Gasteiger partial charge in [-0.05, 0) is 17.7 Å². The molecule has 0 unspecified atom stereocenters. The topological polar surface area (TPSA) is 83.6 Å². The van der Waals surface area contributed by atoms with Gasteiger partial charge in [-0.3, -0.25) is 14.5 Å². The molecule has 5 nitrogen and oxygen atoms in total. The summed E-state index contributed by atoms with van der Waals surface area (Å²) in [5.41, 5.74) is 6.68. The van der Waals surface area contributed by atoms with Gasteiger partial charge in [0.1, 0.15) is 0 Å². The van der Waals surface area contributed by atoms with Gasteiger partial charge in [-0.1, -0.05) is 12.1 Å². The molecule has 1 fully saturated rings. The van der Waals surface area contributed by atoms with Crippen molar-refractivity contribution in [3.8, 4) is 0 Å². The minimum atomic E-state index is -0.731. The molecule has 1 saturated heterocycles. The number of carboxylic acids is 1. The number of carboxylic acid groups (broad SMARTS) is 1. The maximum atomic E-state index is 10.9. The molecule has 2 rings (SSSR count). The van der Waals surface area contributed by atoms with Crippen LogP contribution < -0.4 is 5.73 Å². The average molecular weight is 234 g/mol. The number of nitrogens with zero attached hydrogens (tertiary/aromatic N) is 1. The Kier molecular flexibility index (Phi) is 3.10. The predicted octanol–water partition coefficient (Wildman–Crippen LogP) is 0.302. The van der Waals surface area contributed by atoms with Crippen LogP contribution in [0.3, 0.4) is 0 Å². The zero-order chi connectivity index (χ0) is 12.4. The lowest BCUT2D eigenvalue weighted by Gasteiger charge is -2.36. The van der Waals surface area contributed by atoms with Crippen LogP contribution in [0.15, 0.2) is 24.3 Å². The van der Waals surface area contributed by atoms with Crippen molar-refractivity contribution in [2.24, 2.45) is 11.7 Å². The first-order valence-corrected chi connectivity index (χ1v) is 5.40. The number of nitrogens with two attached hydrogens (primary N) is 1. The maximum absolute atomic E-state index is 10.9. The summed E-state index contributed by atoms with van der Waals surface area (Å²) in [7, 11) is 0. The molecule has 0 radical (unpaired) electrons. The van der Waals surface area contributed by atoms with Crippen molar-refractivity contribution in [1.29, 1.82) is 0 Å². The van der Waals surface area contributed by atoms with Crippen LogP contribution in [0, 0.1) is 5.92 Å². The smallest absolute Gasteiger partial charge is 0.309 e. The Labute approximate surface area is 98.8 Å². The number of hydrogen-bond acceptors (Lipinski definition) is 3. The molecule has 0 spiro atoms. The zero-order valence-corrected chi connectivity index (χ0v) is 9.30. The first-order valence-electron chi connectivity index (χ1n) is 5.40. The number of rotatable bonds is 4. The Balaban J connectivity index is 1.88. The third kappa shape index (κ3) is 2.62. The summed E-state index contributed by atoms with van der Waals surface area (Å²) in [4.78, 5) is 23.5.